The maximum atomic E-state index is 4.66. The molecule has 1 aromatic rings. The number of nitrogens with one attached hydrogen (secondary N) is 1. The third-order valence-corrected chi connectivity index (χ3v) is 4.40. The largest absolute Gasteiger partial charge is 0.370 e. The van der Waals surface area contributed by atoms with Gasteiger partial charge in [0.15, 0.2) is 0 Å². The van der Waals surface area contributed by atoms with Gasteiger partial charge in [0.25, 0.3) is 0 Å². The lowest BCUT2D eigenvalue weighted by molar-refractivity contribution is 0.415. The van der Waals surface area contributed by atoms with Crippen LogP contribution in [0.1, 0.15) is 64.9 Å². The standard InChI is InChI=1S/C17H30N4/c1-4-10-15-16(18-5-2)19-13-20-17(15)21(6-3)14-11-8-7-9-12-14/h13-14H,4-12H2,1-3H3,(H,18,19,20). The zero-order valence-electron chi connectivity index (χ0n) is 13.9. The first-order valence-corrected chi connectivity index (χ1v) is 8.66. The number of anilines is 2. The van der Waals surface area contributed by atoms with Crippen LogP contribution in [0.2, 0.25) is 0 Å². The van der Waals surface area contributed by atoms with Gasteiger partial charge in [0, 0.05) is 24.7 Å². The van der Waals surface area contributed by atoms with Crippen molar-refractivity contribution in [1.29, 1.82) is 0 Å². The Hall–Kier alpha value is -1.32. The van der Waals surface area contributed by atoms with E-state index in [-0.39, 0.29) is 0 Å². The van der Waals surface area contributed by atoms with E-state index < -0.39 is 0 Å². The molecule has 0 amide bonds. The molecule has 1 heterocycles. The average molecular weight is 290 g/mol. The molecule has 0 saturated heterocycles. The Morgan fingerprint density at radius 1 is 1.14 bits per heavy atom. The zero-order chi connectivity index (χ0) is 15.1. The fourth-order valence-electron chi connectivity index (χ4n) is 3.42. The molecule has 0 unspecified atom stereocenters. The molecule has 1 aliphatic rings. The lowest BCUT2D eigenvalue weighted by atomic mass is 9.93. The molecule has 0 radical (unpaired) electrons. The molecule has 0 atom stereocenters. The van der Waals surface area contributed by atoms with Crippen LogP contribution < -0.4 is 10.2 Å². The molecule has 4 nitrogen and oxygen atoms in total. The molecule has 21 heavy (non-hydrogen) atoms. The van der Waals surface area contributed by atoms with Crippen molar-refractivity contribution < 1.29 is 0 Å². The van der Waals surface area contributed by atoms with Crippen LogP contribution in [-0.2, 0) is 6.42 Å². The summed E-state index contributed by atoms with van der Waals surface area (Å²) in [4.78, 5) is 11.6. The van der Waals surface area contributed by atoms with Crippen LogP contribution in [0.5, 0.6) is 0 Å². The summed E-state index contributed by atoms with van der Waals surface area (Å²) in [5.41, 5.74) is 1.30. The summed E-state index contributed by atoms with van der Waals surface area (Å²) < 4.78 is 0. The molecule has 0 spiro atoms. The molecule has 1 aliphatic carbocycles. The second kappa shape index (κ2) is 8.20. The molecule has 118 valence electrons. The van der Waals surface area contributed by atoms with Gasteiger partial charge in [-0.2, -0.15) is 0 Å². The van der Waals surface area contributed by atoms with Gasteiger partial charge in [-0.05, 0) is 33.1 Å². The minimum atomic E-state index is 0.656. The van der Waals surface area contributed by atoms with E-state index in [0.717, 1.165) is 37.6 Å². The number of nitrogens with zero attached hydrogens (tertiary/aromatic N) is 3. The molecule has 1 fully saturated rings. The van der Waals surface area contributed by atoms with Crippen molar-refractivity contribution in [3.05, 3.63) is 11.9 Å². The molecular formula is C17H30N4. The number of aromatic nitrogens is 2. The predicted octanol–water partition coefficient (Wildman–Crippen LogP) is 4.02. The fourth-order valence-corrected chi connectivity index (χ4v) is 3.42. The minimum Gasteiger partial charge on any atom is -0.370 e. The van der Waals surface area contributed by atoms with Gasteiger partial charge < -0.3 is 10.2 Å². The van der Waals surface area contributed by atoms with E-state index in [1.54, 1.807) is 6.33 Å². The second-order valence-electron chi connectivity index (χ2n) is 5.88. The van der Waals surface area contributed by atoms with Crippen molar-refractivity contribution in [3.8, 4) is 0 Å². The SMILES string of the molecule is CCCc1c(NCC)ncnc1N(CC)C1CCCCC1. The van der Waals surface area contributed by atoms with Gasteiger partial charge in [-0.1, -0.05) is 32.6 Å². The first kappa shape index (κ1) is 16.1. The van der Waals surface area contributed by atoms with E-state index in [9.17, 15) is 0 Å². The summed E-state index contributed by atoms with van der Waals surface area (Å²) in [7, 11) is 0. The van der Waals surface area contributed by atoms with Crippen LogP contribution in [0.15, 0.2) is 6.33 Å². The highest BCUT2D eigenvalue weighted by Crippen LogP contribution is 2.31. The fraction of sp³-hybridized carbons (Fsp3) is 0.765. The van der Waals surface area contributed by atoms with Crippen LogP contribution in [0.4, 0.5) is 11.6 Å². The van der Waals surface area contributed by atoms with Crippen LogP contribution in [0.3, 0.4) is 0 Å². The van der Waals surface area contributed by atoms with Gasteiger partial charge in [0.1, 0.15) is 18.0 Å². The normalized spacial score (nSPS) is 16.0. The van der Waals surface area contributed by atoms with E-state index >= 15 is 0 Å². The Kier molecular flexibility index (Phi) is 6.27. The summed E-state index contributed by atoms with van der Waals surface area (Å²) in [5, 5.41) is 3.41. The third kappa shape index (κ3) is 3.86. The van der Waals surface area contributed by atoms with Crippen molar-refractivity contribution in [2.24, 2.45) is 0 Å². The topological polar surface area (TPSA) is 41.1 Å². The van der Waals surface area contributed by atoms with Crippen molar-refractivity contribution in [3.63, 3.8) is 0 Å². The molecule has 1 saturated carbocycles. The van der Waals surface area contributed by atoms with Crippen LogP contribution in [0, 0.1) is 0 Å². The van der Waals surface area contributed by atoms with Gasteiger partial charge >= 0.3 is 0 Å². The summed E-state index contributed by atoms with van der Waals surface area (Å²) in [5.74, 6) is 2.19. The molecule has 0 bridgehead atoms. The first-order chi connectivity index (χ1) is 10.3. The molecular weight excluding hydrogens is 260 g/mol. The van der Waals surface area contributed by atoms with E-state index in [1.807, 2.05) is 0 Å². The van der Waals surface area contributed by atoms with Crippen LogP contribution in [0.25, 0.3) is 0 Å². The first-order valence-electron chi connectivity index (χ1n) is 8.66. The Bertz CT molecular complexity index is 427. The van der Waals surface area contributed by atoms with E-state index in [2.05, 4.69) is 41.0 Å². The van der Waals surface area contributed by atoms with Gasteiger partial charge in [0.2, 0.25) is 0 Å². The van der Waals surface area contributed by atoms with Crippen LogP contribution in [-0.4, -0.2) is 29.1 Å². The average Bonchev–Trinajstić information content (AvgIpc) is 2.52. The van der Waals surface area contributed by atoms with Crippen molar-refractivity contribution >= 4 is 11.6 Å². The molecule has 0 aliphatic heterocycles. The highest BCUT2D eigenvalue weighted by molar-refractivity contribution is 5.59. The molecule has 1 aromatic heterocycles. The Labute approximate surface area is 129 Å². The van der Waals surface area contributed by atoms with Crippen molar-refractivity contribution in [2.75, 3.05) is 23.3 Å². The summed E-state index contributed by atoms with van der Waals surface area (Å²) in [6, 6.07) is 0.656. The molecule has 4 heteroatoms. The lowest BCUT2D eigenvalue weighted by Crippen LogP contribution is -2.38. The highest BCUT2D eigenvalue weighted by atomic mass is 15.2. The zero-order valence-corrected chi connectivity index (χ0v) is 13.9. The highest BCUT2D eigenvalue weighted by Gasteiger charge is 2.24. The van der Waals surface area contributed by atoms with Crippen molar-refractivity contribution in [2.45, 2.75) is 71.8 Å². The molecule has 2 rings (SSSR count). The quantitative estimate of drug-likeness (QED) is 0.823. The molecule has 0 aromatic carbocycles. The summed E-state index contributed by atoms with van der Waals surface area (Å²) >= 11 is 0. The smallest absolute Gasteiger partial charge is 0.137 e. The Morgan fingerprint density at radius 3 is 2.52 bits per heavy atom. The predicted molar refractivity (Wildman–Crippen MR) is 90.1 cm³/mol. The van der Waals surface area contributed by atoms with E-state index in [1.165, 1.54) is 37.7 Å². The van der Waals surface area contributed by atoms with Crippen LogP contribution >= 0.6 is 0 Å². The number of hydrogen-bond acceptors (Lipinski definition) is 4. The minimum absolute atomic E-state index is 0.656. The van der Waals surface area contributed by atoms with Gasteiger partial charge in [0.05, 0.1) is 0 Å². The van der Waals surface area contributed by atoms with Gasteiger partial charge in [-0.15, -0.1) is 0 Å². The summed E-state index contributed by atoms with van der Waals surface area (Å²) in [6.07, 6.45) is 10.6. The maximum absolute atomic E-state index is 4.66. The Balaban J connectivity index is 2.31. The van der Waals surface area contributed by atoms with E-state index in [0.29, 0.717) is 6.04 Å². The van der Waals surface area contributed by atoms with Gasteiger partial charge in [-0.25, -0.2) is 9.97 Å². The van der Waals surface area contributed by atoms with Crippen molar-refractivity contribution in [1.82, 2.24) is 9.97 Å². The maximum Gasteiger partial charge on any atom is 0.137 e. The van der Waals surface area contributed by atoms with E-state index in [4.69, 9.17) is 0 Å². The summed E-state index contributed by atoms with van der Waals surface area (Å²) in [6.45, 7) is 8.53. The number of rotatable bonds is 7. The third-order valence-electron chi connectivity index (χ3n) is 4.40. The van der Waals surface area contributed by atoms with Gasteiger partial charge in [-0.3, -0.25) is 0 Å². The number of hydrogen-bond donors (Lipinski definition) is 1. The Morgan fingerprint density at radius 2 is 1.90 bits per heavy atom. The second-order valence-corrected chi connectivity index (χ2v) is 5.88. The lowest BCUT2D eigenvalue weighted by Gasteiger charge is -2.35. The molecule has 1 N–H and O–H groups in total. The monoisotopic (exact) mass is 290 g/mol.